The monoisotopic (exact) mass is 705 g/mol. The molecule has 1 fully saturated rings. The number of nitrogens with two attached hydrogens (primary N) is 2. The quantitative estimate of drug-likeness (QED) is 0.0841. The summed E-state index contributed by atoms with van der Waals surface area (Å²) in [5, 5.41) is 12.4. The first-order chi connectivity index (χ1) is 25.3. The average Bonchev–Trinajstić information content (AvgIpc) is 3.64. The number of hydrogen-bond acceptors (Lipinski definition) is 5. The van der Waals surface area contributed by atoms with Crippen LogP contribution >= 0.6 is 0 Å². The van der Waals surface area contributed by atoms with Crippen molar-refractivity contribution in [3.8, 4) is 35.2 Å². The van der Waals surface area contributed by atoms with Crippen molar-refractivity contribution in [2.24, 2.45) is 40.1 Å². The number of rotatable bonds is 13. The standard InChI is InChI=1S/C45H59N3O4/c1-4-5-7-17-36(49)23-21-34-29-42(52-37-18-10-11-19-37)44(50)43-39(34)26-25-38-33(28-32-14-8-6-9-15-32)16-12-13-31(2)20-24-40(43)35(30-51-3)22-27-41(38)48-45(46)47/h6-9,14-15,17,29,31,33,35,37-38,40-41,50H,4-5,10-11,13,18-24,27-28,30H2,1-3H3,(H4,46,47,48). The van der Waals surface area contributed by atoms with Gasteiger partial charge in [0, 0.05) is 43.6 Å². The predicted octanol–water partition coefficient (Wildman–Crippen LogP) is 8.00. The largest absolute Gasteiger partial charge is 0.504 e. The minimum Gasteiger partial charge on any atom is -0.504 e. The lowest BCUT2D eigenvalue weighted by atomic mass is 9.73. The van der Waals surface area contributed by atoms with Crippen LogP contribution in [0.3, 0.4) is 0 Å². The molecule has 0 saturated heterocycles. The summed E-state index contributed by atoms with van der Waals surface area (Å²) in [5.41, 5.74) is 16.0. The van der Waals surface area contributed by atoms with Crippen LogP contribution in [0.15, 0.2) is 53.5 Å². The molecule has 2 bridgehead atoms. The summed E-state index contributed by atoms with van der Waals surface area (Å²) < 4.78 is 12.6. The molecule has 278 valence electrons. The van der Waals surface area contributed by atoms with Gasteiger partial charge in [0.05, 0.1) is 18.1 Å². The van der Waals surface area contributed by atoms with Crippen LogP contribution in [-0.4, -0.2) is 42.7 Å². The Morgan fingerprint density at radius 1 is 1.06 bits per heavy atom. The maximum atomic E-state index is 13.1. The number of phenols is 1. The third-order valence-corrected chi connectivity index (χ3v) is 11.1. The Kier molecular flexibility index (Phi) is 14.7. The maximum Gasteiger partial charge on any atom is 0.186 e. The highest BCUT2D eigenvalue weighted by atomic mass is 16.5. The van der Waals surface area contributed by atoms with Crippen molar-refractivity contribution in [2.75, 3.05) is 13.7 Å². The van der Waals surface area contributed by atoms with Crippen LogP contribution in [0.25, 0.3) is 0 Å². The van der Waals surface area contributed by atoms with Crippen LogP contribution < -0.4 is 16.2 Å². The Morgan fingerprint density at radius 2 is 1.85 bits per heavy atom. The van der Waals surface area contributed by atoms with Crippen molar-refractivity contribution in [2.45, 2.75) is 122 Å². The highest BCUT2D eigenvalue weighted by Crippen LogP contribution is 2.47. The van der Waals surface area contributed by atoms with E-state index < -0.39 is 0 Å². The number of methoxy groups -OCH3 is 1. The molecule has 0 aromatic heterocycles. The molecule has 5 N–H and O–H groups in total. The van der Waals surface area contributed by atoms with Crippen molar-refractivity contribution in [1.29, 1.82) is 0 Å². The van der Waals surface area contributed by atoms with Gasteiger partial charge < -0.3 is 26.0 Å². The van der Waals surface area contributed by atoms with E-state index in [9.17, 15) is 9.90 Å². The first-order valence-electron chi connectivity index (χ1n) is 19.6. The molecule has 2 aromatic rings. The molecule has 6 unspecified atom stereocenters. The van der Waals surface area contributed by atoms with Crippen molar-refractivity contribution < 1.29 is 19.4 Å². The molecule has 6 rings (SSSR count). The predicted molar refractivity (Wildman–Crippen MR) is 210 cm³/mol. The van der Waals surface area contributed by atoms with E-state index in [0.29, 0.717) is 44.0 Å². The highest BCUT2D eigenvalue weighted by molar-refractivity contribution is 5.89. The molecule has 4 aliphatic carbocycles. The van der Waals surface area contributed by atoms with Gasteiger partial charge in [-0.1, -0.05) is 74.4 Å². The first kappa shape index (κ1) is 39.0. The highest BCUT2D eigenvalue weighted by Gasteiger charge is 2.36. The van der Waals surface area contributed by atoms with E-state index in [-0.39, 0.29) is 53.3 Å². The Labute approximate surface area is 312 Å². The van der Waals surface area contributed by atoms with Crippen molar-refractivity contribution in [1.82, 2.24) is 0 Å². The number of phenolic OH excluding ortho intramolecular Hbond substituents is 1. The molecule has 0 radical (unpaired) electrons. The van der Waals surface area contributed by atoms with Crippen LogP contribution in [0.5, 0.6) is 11.5 Å². The number of carbonyl (C=O) groups is 1. The van der Waals surface area contributed by atoms with Crippen LogP contribution in [0.4, 0.5) is 0 Å². The van der Waals surface area contributed by atoms with E-state index in [0.717, 1.165) is 80.9 Å². The molecule has 0 heterocycles. The summed E-state index contributed by atoms with van der Waals surface area (Å²) in [7, 11) is 1.75. The number of nitrogens with zero attached hydrogens (tertiary/aromatic N) is 1. The summed E-state index contributed by atoms with van der Waals surface area (Å²) in [5.74, 6) is 15.3. The second kappa shape index (κ2) is 19.6. The van der Waals surface area contributed by atoms with Crippen LogP contribution in [0.2, 0.25) is 0 Å². The molecule has 4 aliphatic rings. The Morgan fingerprint density at radius 3 is 2.58 bits per heavy atom. The summed E-state index contributed by atoms with van der Waals surface area (Å²) in [4.78, 5) is 18.0. The van der Waals surface area contributed by atoms with Crippen molar-refractivity contribution in [3.63, 3.8) is 0 Å². The first-order valence-corrected chi connectivity index (χ1v) is 19.6. The minimum atomic E-state index is -0.290. The number of benzene rings is 2. The fourth-order valence-electron chi connectivity index (χ4n) is 8.24. The number of aryl methyl sites for hydroxylation is 1. The fourth-order valence-corrected chi connectivity index (χ4v) is 8.24. The van der Waals surface area contributed by atoms with E-state index in [2.05, 4.69) is 61.8 Å². The Bertz CT molecular complexity index is 1670. The van der Waals surface area contributed by atoms with Gasteiger partial charge in [-0.2, -0.15) is 0 Å². The molecule has 6 atom stereocenters. The van der Waals surface area contributed by atoms with E-state index in [1.165, 1.54) is 5.56 Å². The fraction of sp³-hybridized carbons (Fsp3) is 0.556. The molecular formula is C45H59N3O4. The van der Waals surface area contributed by atoms with Gasteiger partial charge in [0.25, 0.3) is 0 Å². The number of ether oxygens (including phenoxy) is 2. The van der Waals surface area contributed by atoms with Gasteiger partial charge in [0.1, 0.15) is 0 Å². The smallest absolute Gasteiger partial charge is 0.186 e. The molecule has 2 aromatic carbocycles. The second-order valence-electron chi connectivity index (χ2n) is 15.2. The molecule has 0 spiro atoms. The average molecular weight is 706 g/mol. The lowest BCUT2D eigenvalue weighted by Crippen LogP contribution is -2.33. The van der Waals surface area contributed by atoms with Gasteiger partial charge >= 0.3 is 0 Å². The molecule has 0 amide bonds. The number of ketones is 1. The van der Waals surface area contributed by atoms with Crippen LogP contribution in [0, 0.1) is 47.4 Å². The van der Waals surface area contributed by atoms with E-state index in [4.69, 9.17) is 25.9 Å². The van der Waals surface area contributed by atoms with Gasteiger partial charge in [-0.3, -0.25) is 4.79 Å². The number of carbonyl (C=O) groups excluding carboxylic acids is 1. The lowest BCUT2D eigenvalue weighted by Gasteiger charge is -2.33. The second-order valence-corrected chi connectivity index (χ2v) is 15.2. The van der Waals surface area contributed by atoms with Gasteiger partial charge in [0.2, 0.25) is 0 Å². The summed E-state index contributed by atoms with van der Waals surface area (Å²) >= 11 is 0. The van der Waals surface area contributed by atoms with E-state index in [1.54, 1.807) is 13.2 Å². The summed E-state index contributed by atoms with van der Waals surface area (Å²) in [6.45, 7) is 4.88. The Balaban J connectivity index is 1.75. The van der Waals surface area contributed by atoms with Gasteiger partial charge in [-0.15, -0.1) is 5.92 Å². The number of hydrogen-bond donors (Lipinski definition) is 3. The molecular weight excluding hydrogens is 647 g/mol. The molecule has 52 heavy (non-hydrogen) atoms. The zero-order valence-corrected chi connectivity index (χ0v) is 31.5. The summed E-state index contributed by atoms with van der Waals surface area (Å²) in [6.07, 6.45) is 15.3. The van der Waals surface area contributed by atoms with Gasteiger partial charge in [0.15, 0.2) is 23.2 Å². The van der Waals surface area contributed by atoms with E-state index >= 15 is 0 Å². The zero-order chi connectivity index (χ0) is 36.9. The topological polar surface area (TPSA) is 120 Å². The van der Waals surface area contributed by atoms with Crippen molar-refractivity contribution in [3.05, 3.63) is 70.8 Å². The molecule has 7 heteroatoms. The molecule has 1 saturated carbocycles. The SMILES string of the molecule is CCCC=CC(=O)CCc1cc(OC2CCCC2)c(O)c2c1C#CC1C(Cc3ccccc3)C#CCC(C)CCC2C(COC)CCC1N=C(N)N. The Hall–Kier alpha value is -4.20. The number of aromatic hydroxyl groups is 1. The summed E-state index contributed by atoms with van der Waals surface area (Å²) in [6, 6.07) is 12.1. The third-order valence-electron chi connectivity index (χ3n) is 11.1. The van der Waals surface area contributed by atoms with Gasteiger partial charge in [-0.05, 0) is 112 Å². The number of fused-ring (bicyclic) bond motifs is 8. The van der Waals surface area contributed by atoms with Gasteiger partial charge in [-0.25, -0.2) is 4.99 Å². The molecule has 7 nitrogen and oxygen atoms in total. The normalized spacial score (nSPS) is 24.8. The van der Waals surface area contributed by atoms with Crippen molar-refractivity contribution >= 4 is 11.7 Å². The molecule has 0 aliphatic heterocycles. The van der Waals surface area contributed by atoms with E-state index in [1.807, 2.05) is 18.2 Å². The van der Waals surface area contributed by atoms with Crippen LogP contribution in [0.1, 0.15) is 119 Å². The third kappa shape index (κ3) is 10.7. The van der Waals surface area contributed by atoms with Crippen LogP contribution in [-0.2, 0) is 22.4 Å². The number of unbranched alkanes of at least 4 members (excludes halogenated alkanes) is 1. The lowest BCUT2D eigenvalue weighted by molar-refractivity contribution is -0.114. The zero-order valence-electron chi connectivity index (χ0n) is 31.5. The number of aliphatic imine (C=N–C) groups is 1. The number of guanidine groups is 1. The maximum absolute atomic E-state index is 13.1. The minimum absolute atomic E-state index is 0.0418. The number of allylic oxidation sites excluding steroid dienone is 2.